The normalized spacial score (nSPS) is 26.6. The molecule has 2 amide bonds. The van der Waals surface area contributed by atoms with E-state index in [-0.39, 0.29) is 21.8 Å². The van der Waals surface area contributed by atoms with Gasteiger partial charge in [0.05, 0.1) is 5.25 Å². The predicted octanol–water partition coefficient (Wildman–Crippen LogP) is 4.01. The van der Waals surface area contributed by atoms with E-state index in [1.165, 1.54) is 56.3 Å². The van der Waals surface area contributed by atoms with Crippen LogP contribution in [0.2, 0.25) is 0 Å². The maximum absolute atomic E-state index is 12.1. The Hall–Kier alpha value is -0.510. The van der Waals surface area contributed by atoms with Gasteiger partial charge < -0.3 is 0 Å². The smallest absolute Gasteiger partial charge is 0.242 e. The lowest BCUT2D eigenvalue weighted by Crippen LogP contribution is -2.33. The Morgan fingerprint density at radius 2 is 1.52 bits per heavy atom. The predicted molar refractivity (Wildman–Crippen MR) is 88.3 cm³/mol. The molecule has 3 nitrogen and oxygen atoms in total. The first-order chi connectivity index (χ1) is 9.92. The van der Waals surface area contributed by atoms with Crippen molar-refractivity contribution in [3.8, 4) is 0 Å². The topological polar surface area (TPSA) is 37.4 Å². The number of carbonyl (C=O) groups is 2. The highest BCUT2D eigenvalue weighted by Gasteiger charge is 2.41. The highest BCUT2D eigenvalue weighted by Crippen LogP contribution is 2.43. The Morgan fingerprint density at radius 3 is 2.00 bits per heavy atom. The second kappa shape index (κ2) is 7.17. The van der Waals surface area contributed by atoms with Gasteiger partial charge in [-0.3, -0.25) is 14.5 Å². The molecule has 0 radical (unpaired) electrons. The Bertz CT molecular complexity index is 384. The van der Waals surface area contributed by atoms with E-state index in [0.29, 0.717) is 12.3 Å². The molecule has 0 aromatic rings. The van der Waals surface area contributed by atoms with E-state index in [1.807, 2.05) is 0 Å². The van der Waals surface area contributed by atoms with Crippen LogP contribution in [0.5, 0.6) is 0 Å². The Kier molecular flexibility index (Phi) is 5.75. The number of hydrogen-bond donors (Lipinski definition) is 0. The standard InChI is InChI=1S/C17H29NO2S/c1-17(2,13-10-8-6-4-5-7-9-11-13)21-14-12-15(19)18(3)16(14)20/h13-14H,4-12H2,1-3H3. The summed E-state index contributed by atoms with van der Waals surface area (Å²) in [5.74, 6) is 0.637. The molecule has 21 heavy (non-hydrogen) atoms. The van der Waals surface area contributed by atoms with Crippen LogP contribution in [0.25, 0.3) is 0 Å². The van der Waals surface area contributed by atoms with Gasteiger partial charge in [0.2, 0.25) is 11.8 Å². The number of nitrogens with zero attached hydrogens (tertiary/aromatic N) is 1. The molecule has 2 fully saturated rings. The van der Waals surface area contributed by atoms with Crippen molar-refractivity contribution in [2.45, 2.75) is 81.6 Å². The molecule has 1 heterocycles. The molecular formula is C17H29NO2S. The van der Waals surface area contributed by atoms with Crippen molar-refractivity contribution in [1.82, 2.24) is 4.90 Å². The van der Waals surface area contributed by atoms with Crippen LogP contribution < -0.4 is 0 Å². The van der Waals surface area contributed by atoms with Gasteiger partial charge in [-0.15, -0.1) is 11.8 Å². The van der Waals surface area contributed by atoms with Crippen LogP contribution in [0.4, 0.5) is 0 Å². The average molecular weight is 311 g/mol. The number of rotatable bonds is 3. The van der Waals surface area contributed by atoms with Gasteiger partial charge >= 0.3 is 0 Å². The third kappa shape index (κ3) is 4.24. The summed E-state index contributed by atoms with van der Waals surface area (Å²) >= 11 is 1.74. The number of amides is 2. The van der Waals surface area contributed by atoms with Crippen molar-refractivity contribution >= 4 is 23.6 Å². The lowest BCUT2D eigenvalue weighted by molar-refractivity contribution is -0.136. The SMILES string of the molecule is CN1C(=O)CC(SC(C)(C)C2CCCCCCCC2)C1=O. The molecule has 4 heteroatoms. The monoisotopic (exact) mass is 311 g/mol. The molecule has 1 saturated carbocycles. The molecule has 1 aliphatic carbocycles. The highest BCUT2D eigenvalue weighted by atomic mass is 32.2. The Balaban J connectivity index is 1.98. The van der Waals surface area contributed by atoms with Crippen LogP contribution in [0, 0.1) is 5.92 Å². The number of imide groups is 1. The van der Waals surface area contributed by atoms with E-state index < -0.39 is 0 Å². The van der Waals surface area contributed by atoms with Crippen LogP contribution in [0.1, 0.15) is 71.6 Å². The van der Waals surface area contributed by atoms with Crippen molar-refractivity contribution in [1.29, 1.82) is 0 Å². The lowest BCUT2D eigenvalue weighted by Gasteiger charge is -2.35. The average Bonchev–Trinajstić information content (AvgIpc) is 2.75. The summed E-state index contributed by atoms with van der Waals surface area (Å²) in [6.45, 7) is 4.55. The third-order valence-corrected chi connectivity index (χ3v) is 6.72. The molecule has 0 N–H and O–H groups in total. The first-order valence-corrected chi connectivity index (χ1v) is 9.28. The molecule has 2 rings (SSSR count). The summed E-state index contributed by atoms with van der Waals surface area (Å²) < 4.78 is 0.0795. The molecule has 0 aromatic carbocycles. The van der Waals surface area contributed by atoms with Crippen LogP contribution in [0.3, 0.4) is 0 Å². The molecule has 1 atom stereocenters. The fourth-order valence-electron chi connectivity index (χ4n) is 3.60. The first-order valence-electron chi connectivity index (χ1n) is 8.40. The van der Waals surface area contributed by atoms with Crippen LogP contribution >= 0.6 is 11.8 Å². The van der Waals surface area contributed by atoms with Gasteiger partial charge in [0, 0.05) is 18.2 Å². The zero-order valence-corrected chi connectivity index (χ0v) is 14.5. The van der Waals surface area contributed by atoms with Gasteiger partial charge in [-0.2, -0.15) is 0 Å². The summed E-state index contributed by atoms with van der Waals surface area (Å²) in [6, 6.07) is 0. The van der Waals surface area contributed by atoms with Gasteiger partial charge in [0.1, 0.15) is 0 Å². The van der Waals surface area contributed by atoms with Crippen LogP contribution in [0.15, 0.2) is 0 Å². The van der Waals surface area contributed by atoms with Gasteiger partial charge in [-0.05, 0) is 18.8 Å². The fraction of sp³-hybridized carbons (Fsp3) is 0.882. The van der Waals surface area contributed by atoms with Gasteiger partial charge in [0.25, 0.3) is 0 Å². The maximum atomic E-state index is 12.1. The maximum Gasteiger partial charge on any atom is 0.242 e. The largest absolute Gasteiger partial charge is 0.285 e. The zero-order valence-electron chi connectivity index (χ0n) is 13.7. The molecule has 1 saturated heterocycles. The summed E-state index contributed by atoms with van der Waals surface area (Å²) in [4.78, 5) is 25.1. The number of carbonyl (C=O) groups excluding carboxylic acids is 2. The van der Waals surface area contributed by atoms with Crippen LogP contribution in [-0.4, -0.2) is 33.8 Å². The minimum atomic E-state index is -0.162. The second-order valence-electron chi connectivity index (χ2n) is 7.10. The quantitative estimate of drug-likeness (QED) is 0.739. The summed E-state index contributed by atoms with van der Waals surface area (Å²) in [5.41, 5.74) is 0. The summed E-state index contributed by atoms with van der Waals surface area (Å²) in [7, 11) is 1.61. The number of likely N-dealkylation sites (tertiary alicyclic amines) is 1. The summed E-state index contributed by atoms with van der Waals surface area (Å²) in [5, 5.41) is -0.162. The van der Waals surface area contributed by atoms with E-state index in [1.54, 1.807) is 18.8 Å². The van der Waals surface area contributed by atoms with Crippen molar-refractivity contribution < 1.29 is 9.59 Å². The second-order valence-corrected chi connectivity index (χ2v) is 8.96. The molecule has 1 unspecified atom stereocenters. The zero-order chi connectivity index (χ0) is 15.5. The van der Waals surface area contributed by atoms with Crippen molar-refractivity contribution in [2.75, 3.05) is 7.05 Å². The molecule has 0 bridgehead atoms. The van der Waals surface area contributed by atoms with E-state index in [9.17, 15) is 9.59 Å². The third-order valence-electron chi connectivity index (χ3n) is 5.12. The fourth-order valence-corrected chi connectivity index (χ4v) is 5.25. The van der Waals surface area contributed by atoms with Crippen molar-refractivity contribution in [2.24, 2.45) is 5.92 Å². The minimum Gasteiger partial charge on any atom is -0.285 e. The molecule has 0 spiro atoms. The Labute approximate surface area is 133 Å². The van der Waals surface area contributed by atoms with Gasteiger partial charge in [-0.25, -0.2) is 0 Å². The van der Waals surface area contributed by atoms with E-state index in [4.69, 9.17) is 0 Å². The van der Waals surface area contributed by atoms with Crippen LogP contribution in [-0.2, 0) is 9.59 Å². The summed E-state index contributed by atoms with van der Waals surface area (Å²) in [6.07, 6.45) is 11.0. The van der Waals surface area contributed by atoms with Crippen molar-refractivity contribution in [3.05, 3.63) is 0 Å². The molecule has 0 aromatic heterocycles. The van der Waals surface area contributed by atoms with Crippen molar-refractivity contribution in [3.63, 3.8) is 0 Å². The highest BCUT2D eigenvalue weighted by molar-refractivity contribution is 8.02. The lowest BCUT2D eigenvalue weighted by atomic mass is 9.86. The first kappa shape index (κ1) is 16.9. The molecule has 2 aliphatic rings. The van der Waals surface area contributed by atoms with Gasteiger partial charge in [-0.1, -0.05) is 52.4 Å². The van der Waals surface area contributed by atoms with E-state index >= 15 is 0 Å². The van der Waals surface area contributed by atoms with E-state index in [2.05, 4.69) is 13.8 Å². The molecule has 1 aliphatic heterocycles. The molecular weight excluding hydrogens is 282 g/mol. The minimum absolute atomic E-state index is 0.00106. The number of hydrogen-bond acceptors (Lipinski definition) is 3. The number of thioether (sulfide) groups is 1. The van der Waals surface area contributed by atoms with E-state index in [0.717, 1.165) is 0 Å². The van der Waals surface area contributed by atoms with Gasteiger partial charge in [0.15, 0.2) is 0 Å². The Morgan fingerprint density at radius 1 is 1.00 bits per heavy atom. The molecule has 120 valence electrons.